The van der Waals surface area contributed by atoms with Crippen LogP contribution in [0.15, 0.2) is 127 Å². The molecule has 0 spiro atoms. The van der Waals surface area contributed by atoms with Gasteiger partial charge in [0.05, 0.1) is 5.54 Å². The highest BCUT2D eigenvalue weighted by Crippen LogP contribution is 2.60. The molecule has 0 saturated heterocycles. The summed E-state index contributed by atoms with van der Waals surface area (Å²) in [4.78, 5) is 7.96. The van der Waals surface area contributed by atoms with Crippen molar-refractivity contribution in [2.45, 2.75) is 135 Å². The summed E-state index contributed by atoms with van der Waals surface area (Å²) in [6.07, 6.45) is 7.57. The molecule has 3 nitrogen and oxygen atoms in total. The normalized spacial score (nSPS) is 20.7. The Hall–Kier alpha value is -5.22. The summed E-state index contributed by atoms with van der Waals surface area (Å²) >= 11 is 0. The van der Waals surface area contributed by atoms with Crippen LogP contribution in [0.5, 0.6) is 0 Å². The lowest BCUT2D eigenvalue weighted by Gasteiger charge is -2.49. The lowest BCUT2D eigenvalue weighted by molar-refractivity contribution is 0.217. The largest absolute Gasteiger partial charge is 0.334 e. The highest BCUT2D eigenvalue weighted by atomic mass is 15.3. The Bertz CT molecular complexity index is 2650. The van der Waals surface area contributed by atoms with Gasteiger partial charge in [-0.05, 0) is 136 Å². The van der Waals surface area contributed by atoms with Gasteiger partial charge >= 0.3 is 0 Å². The molecule has 6 aromatic carbocycles. The smallest absolute Gasteiger partial charge is 0.252 e. The minimum Gasteiger partial charge on any atom is -0.334 e. The van der Waals surface area contributed by atoms with E-state index < -0.39 is 0 Å². The van der Waals surface area contributed by atoms with E-state index in [1.54, 1.807) is 5.56 Å². The zero-order valence-electron chi connectivity index (χ0n) is 38.4. The Morgan fingerprint density at radius 2 is 1.10 bits per heavy atom. The van der Waals surface area contributed by atoms with Crippen LogP contribution in [-0.4, -0.2) is 12.3 Å². The Kier molecular flexibility index (Phi) is 9.26. The number of benzene rings is 6. The molecular formula is C57H64BN3. The van der Waals surface area contributed by atoms with Gasteiger partial charge in [0, 0.05) is 50.9 Å². The van der Waals surface area contributed by atoms with Gasteiger partial charge in [0.2, 0.25) is 0 Å². The minimum atomic E-state index is -0.0738. The SMILES string of the molecule is CC(C)c1ccc2c(c1)C1(C)CCCCCCC1(C)N2c1ccc2c(c1)N(c1ccc(C(C)(C)C)cc1)c1cc(C(C)(C)C)cc3c1B2c1ccccc1N3c1ccccc1. The molecule has 0 amide bonds. The maximum Gasteiger partial charge on any atom is 0.252 e. The van der Waals surface area contributed by atoms with Crippen molar-refractivity contribution >= 4 is 68.6 Å². The summed E-state index contributed by atoms with van der Waals surface area (Å²) in [5, 5.41) is 0. The van der Waals surface area contributed by atoms with Crippen LogP contribution in [0.2, 0.25) is 0 Å². The molecule has 3 aliphatic heterocycles. The van der Waals surface area contributed by atoms with Crippen molar-refractivity contribution in [3.05, 3.63) is 150 Å². The van der Waals surface area contributed by atoms with E-state index in [2.05, 4.69) is 211 Å². The van der Waals surface area contributed by atoms with E-state index in [4.69, 9.17) is 0 Å². The predicted octanol–water partition coefficient (Wildman–Crippen LogP) is 14.0. The monoisotopic (exact) mass is 802 g/mol. The number of hydrogen-bond donors (Lipinski definition) is 0. The molecular weight excluding hydrogens is 737 g/mol. The second-order valence-corrected chi connectivity index (χ2v) is 21.5. The number of para-hydroxylation sites is 2. The van der Waals surface area contributed by atoms with Gasteiger partial charge in [-0.25, -0.2) is 0 Å². The summed E-state index contributed by atoms with van der Waals surface area (Å²) in [6.45, 7) is 24.0. The van der Waals surface area contributed by atoms with Crippen LogP contribution in [0.4, 0.5) is 45.5 Å². The van der Waals surface area contributed by atoms with Gasteiger partial charge in [0.15, 0.2) is 0 Å². The van der Waals surface area contributed by atoms with Crippen LogP contribution in [0.25, 0.3) is 0 Å². The van der Waals surface area contributed by atoms with Gasteiger partial charge in [0.25, 0.3) is 6.71 Å². The fourth-order valence-electron chi connectivity index (χ4n) is 11.6. The molecule has 10 rings (SSSR count). The van der Waals surface area contributed by atoms with Crippen molar-refractivity contribution in [3.63, 3.8) is 0 Å². The Labute approximate surface area is 366 Å². The maximum absolute atomic E-state index is 2.80. The Balaban J connectivity index is 1.26. The lowest BCUT2D eigenvalue weighted by atomic mass is 9.33. The average molecular weight is 802 g/mol. The van der Waals surface area contributed by atoms with E-state index in [0.29, 0.717) is 5.92 Å². The molecule has 0 bridgehead atoms. The molecule has 0 aromatic heterocycles. The number of anilines is 8. The summed E-state index contributed by atoms with van der Waals surface area (Å²) in [6, 6.07) is 49.7. The third-order valence-corrected chi connectivity index (χ3v) is 15.4. The zero-order chi connectivity index (χ0) is 42.6. The fraction of sp³-hybridized carbons (Fsp3) is 0.368. The first-order chi connectivity index (χ1) is 29.1. The molecule has 6 aromatic rings. The number of fused-ring (bicyclic) bond motifs is 7. The van der Waals surface area contributed by atoms with Crippen molar-refractivity contribution in [1.82, 2.24) is 0 Å². The summed E-state index contributed by atoms with van der Waals surface area (Å²) in [5.41, 5.74) is 19.9. The Morgan fingerprint density at radius 1 is 0.508 bits per heavy atom. The van der Waals surface area contributed by atoms with Gasteiger partial charge in [-0.15, -0.1) is 0 Å². The minimum absolute atomic E-state index is 0.0400. The van der Waals surface area contributed by atoms with E-state index in [0.717, 1.165) is 0 Å². The molecule has 1 fully saturated rings. The van der Waals surface area contributed by atoms with E-state index >= 15 is 0 Å². The number of hydrogen-bond acceptors (Lipinski definition) is 3. The second kappa shape index (κ2) is 14.2. The van der Waals surface area contributed by atoms with Crippen molar-refractivity contribution in [1.29, 1.82) is 0 Å². The summed E-state index contributed by atoms with van der Waals surface area (Å²) in [5.74, 6) is 0.490. The third-order valence-electron chi connectivity index (χ3n) is 15.4. The molecule has 1 saturated carbocycles. The molecule has 1 aliphatic carbocycles. The molecule has 4 heteroatoms. The quantitative estimate of drug-likeness (QED) is 0.164. The first kappa shape index (κ1) is 39.9. The standard InChI is InChI=1S/C57H64BN3/c1-38(2)39-24-31-48-45(34-39)56(9)32-18-11-12-19-33-57(56,10)61(48)44-29-30-47-50(37-44)60(43-27-25-40(26-28-43)54(3,4)5)52-36-41(55(6,7)8)35-51-53(52)58(47)46-22-16-17-23-49(46)59(51)42-20-14-13-15-21-42/h13-17,20-31,34-38H,11-12,18-19,32-33H2,1-10H3. The van der Waals surface area contributed by atoms with Crippen LogP contribution in [0.3, 0.4) is 0 Å². The van der Waals surface area contributed by atoms with Crippen LogP contribution < -0.4 is 31.1 Å². The summed E-state index contributed by atoms with van der Waals surface area (Å²) in [7, 11) is 0. The highest BCUT2D eigenvalue weighted by Gasteiger charge is 2.57. The molecule has 0 radical (unpaired) electrons. The maximum atomic E-state index is 2.80. The number of nitrogens with zero attached hydrogens (tertiary/aromatic N) is 3. The predicted molar refractivity (Wildman–Crippen MR) is 264 cm³/mol. The van der Waals surface area contributed by atoms with Crippen molar-refractivity contribution in [2.75, 3.05) is 14.7 Å². The van der Waals surface area contributed by atoms with Gasteiger partial charge in [-0.1, -0.05) is 155 Å². The van der Waals surface area contributed by atoms with E-state index in [-0.39, 0.29) is 28.5 Å². The Morgan fingerprint density at radius 3 is 1.77 bits per heavy atom. The van der Waals surface area contributed by atoms with Gasteiger partial charge in [-0.3, -0.25) is 0 Å². The van der Waals surface area contributed by atoms with Crippen LogP contribution in [0.1, 0.15) is 136 Å². The van der Waals surface area contributed by atoms with E-state index in [1.807, 2.05) is 0 Å². The average Bonchev–Trinajstić information content (AvgIpc) is 3.41. The second-order valence-electron chi connectivity index (χ2n) is 21.5. The van der Waals surface area contributed by atoms with E-state index in [1.165, 1.54) is 117 Å². The van der Waals surface area contributed by atoms with Gasteiger partial charge in [0.1, 0.15) is 0 Å². The van der Waals surface area contributed by atoms with Crippen molar-refractivity contribution in [2.24, 2.45) is 0 Å². The molecule has 2 unspecified atom stereocenters. The van der Waals surface area contributed by atoms with E-state index in [9.17, 15) is 0 Å². The van der Waals surface area contributed by atoms with Crippen LogP contribution in [-0.2, 0) is 16.2 Å². The molecule has 3 heterocycles. The van der Waals surface area contributed by atoms with Gasteiger partial charge in [-0.2, -0.15) is 0 Å². The first-order valence-electron chi connectivity index (χ1n) is 23.2. The fourth-order valence-corrected chi connectivity index (χ4v) is 11.6. The van der Waals surface area contributed by atoms with Crippen LogP contribution >= 0.6 is 0 Å². The van der Waals surface area contributed by atoms with Crippen LogP contribution in [0, 0.1) is 0 Å². The molecule has 61 heavy (non-hydrogen) atoms. The third kappa shape index (κ3) is 6.13. The molecule has 0 N–H and O–H groups in total. The number of rotatable bonds is 4. The molecule has 310 valence electrons. The first-order valence-corrected chi connectivity index (χ1v) is 23.2. The lowest BCUT2D eigenvalue weighted by Crippen LogP contribution is -2.61. The molecule has 2 atom stereocenters. The van der Waals surface area contributed by atoms with Gasteiger partial charge < -0.3 is 14.7 Å². The summed E-state index contributed by atoms with van der Waals surface area (Å²) < 4.78 is 0. The zero-order valence-corrected chi connectivity index (χ0v) is 38.4. The topological polar surface area (TPSA) is 9.72 Å². The molecule has 4 aliphatic rings. The van der Waals surface area contributed by atoms with Crippen molar-refractivity contribution in [3.8, 4) is 0 Å². The van der Waals surface area contributed by atoms with Crippen molar-refractivity contribution < 1.29 is 0 Å². The highest BCUT2D eigenvalue weighted by molar-refractivity contribution is 7.00.